The Morgan fingerprint density at radius 1 is 0.857 bits per heavy atom. The molecule has 0 aromatic heterocycles. The minimum Gasteiger partial charge on any atom is -0.494 e. The summed E-state index contributed by atoms with van der Waals surface area (Å²) in [6.45, 7) is 10.3. The Balaban J connectivity index is 1.33. The van der Waals surface area contributed by atoms with Crippen LogP contribution in [-0.4, -0.2) is 106 Å². The van der Waals surface area contributed by atoms with Gasteiger partial charge in [-0.15, -0.1) is 0 Å². The van der Waals surface area contributed by atoms with Crippen LogP contribution in [0.5, 0.6) is 0 Å². The van der Waals surface area contributed by atoms with Gasteiger partial charge in [0.2, 0.25) is 29.5 Å². The number of anilines is 1. The normalized spacial score (nSPS) is 27.5. The number of rotatable bonds is 6. The van der Waals surface area contributed by atoms with Crippen molar-refractivity contribution >= 4 is 41.3 Å². The van der Waals surface area contributed by atoms with Gasteiger partial charge in [-0.05, 0) is 89.8 Å². The first-order valence-corrected chi connectivity index (χ1v) is 19.9. The van der Waals surface area contributed by atoms with E-state index >= 15 is 0 Å². The highest BCUT2D eigenvalue weighted by Crippen LogP contribution is 2.29. The maximum Gasteiger partial charge on any atom is 0.319 e. The number of hydrogen-bond acceptors (Lipinski definition) is 7. The average molecular weight is 770 g/mol. The zero-order valence-electron chi connectivity index (χ0n) is 33.0. The van der Waals surface area contributed by atoms with Crippen LogP contribution in [0.4, 0.5) is 10.5 Å². The quantitative estimate of drug-likeness (QED) is 0.349. The van der Waals surface area contributed by atoms with E-state index in [1.54, 1.807) is 35.8 Å². The molecule has 0 unspecified atom stereocenters. The van der Waals surface area contributed by atoms with Crippen molar-refractivity contribution in [1.82, 2.24) is 30.7 Å². The monoisotopic (exact) mass is 769 g/mol. The molecule has 0 aliphatic carbocycles. The van der Waals surface area contributed by atoms with E-state index in [1.807, 2.05) is 57.2 Å². The number of ether oxygens (including phenoxy) is 1. The Morgan fingerprint density at radius 2 is 1.57 bits per heavy atom. The molecule has 14 nitrogen and oxygen atoms in total. The molecule has 7 atom stereocenters. The number of allylic oxidation sites excluding steroid dienone is 1. The minimum absolute atomic E-state index is 0.113. The molecule has 2 aromatic carbocycles. The molecule has 4 N–H and O–H groups in total. The van der Waals surface area contributed by atoms with Gasteiger partial charge >= 0.3 is 6.03 Å². The predicted octanol–water partition coefficient (Wildman–Crippen LogP) is 3.53. The molecule has 4 aliphatic heterocycles. The Labute approximate surface area is 328 Å². The molecule has 7 amide bonds. The first-order chi connectivity index (χ1) is 26.8. The van der Waals surface area contributed by atoms with Crippen LogP contribution in [0.15, 0.2) is 60.5 Å². The lowest BCUT2D eigenvalue weighted by Crippen LogP contribution is -2.62. The van der Waals surface area contributed by atoms with E-state index in [4.69, 9.17) is 4.74 Å². The fourth-order valence-electron chi connectivity index (χ4n) is 8.18. The Bertz CT molecular complexity index is 1850. The van der Waals surface area contributed by atoms with Crippen molar-refractivity contribution in [1.29, 1.82) is 0 Å². The standard InChI is InChI=1S/C42H55N7O7/c1-25-14-16-31(17-15-25)44-42(55)45-33(22-30-11-8-10-26(2)20-30)37(50)46-36-29(5)56-24-32-21-27(3)23-49(32)39(52)28(4)43-38(51)34-12-6-7-18-47(34)40(53)35-13-9-19-48(35)41(36)54/h8,10-11,14-17,20,24,27-29,33-36H,6-7,9,12-13,18-19,21-23H2,1-5H3,(H,43,51)(H,46,50)(H2,44,45,55)/b32-24-/t27-,28+,29+,33+,34+,35+,36+/m1/s1. The van der Waals surface area contributed by atoms with Crippen molar-refractivity contribution < 1.29 is 33.5 Å². The van der Waals surface area contributed by atoms with Gasteiger partial charge in [-0.3, -0.25) is 24.0 Å². The van der Waals surface area contributed by atoms with Gasteiger partial charge in [-0.2, -0.15) is 0 Å². The fraction of sp³-hybridized carbons (Fsp3) is 0.524. The van der Waals surface area contributed by atoms with Gasteiger partial charge in [-0.1, -0.05) is 54.4 Å². The average Bonchev–Trinajstić information content (AvgIpc) is 3.82. The maximum absolute atomic E-state index is 14.7. The van der Waals surface area contributed by atoms with E-state index < -0.39 is 60.1 Å². The van der Waals surface area contributed by atoms with Gasteiger partial charge in [0.15, 0.2) is 0 Å². The molecule has 3 fully saturated rings. The van der Waals surface area contributed by atoms with Crippen LogP contribution in [0, 0.1) is 19.8 Å². The number of nitrogens with one attached hydrogen (secondary N) is 4. The number of nitrogens with zero attached hydrogens (tertiary/aromatic N) is 3. The summed E-state index contributed by atoms with van der Waals surface area (Å²) < 4.78 is 6.24. The number of benzene rings is 2. The van der Waals surface area contributed by atoms with Crippen LogP contribution in [0.3, 0.4) is 0 Å². The van der Waals surface area contributed by atoms with E-state index in [0.29, 0.717) is 56.6 Å². The summed E-state index contributed by atoms with van der Waals surface area (Å²) in [5, 5.41) is 11.4. The van der Waals surface area contributed by atoms with Crippen molar-refractivity contribution in [2.75, 3.05) is 25.0 Å². The fourth-order valence-corrected chi connectivity index (χ4v) is 8.18. The molecular weight excluding hydrogens is 715 g/mol. The smallest absolute Gasteiger partial charge is 0.319 e. The van der Waals surface area contributed by atoms with E-state index in [-0.39, 0.29) is 30.7 Å². The third kappa shape index (κ3) is 9.34. The van der Waals surface area contributed by atoms with Gasteiger partial charge in [0.1, 0.15) is 42.6 Å². The Kier molecular flexibility index (Phi) is 12.7. The zero-order valence-corrected chi connectivity index (χ0v) is 33.0. The number of hydrogen-bond donors (Lipinski definition) is 4. The summed E-state index contributed by atoms with van der Waals surface area (Å²) in [6.07, 6.45) is 4.03. The molecule has 14 heteroatoms. The third-order valence-corrected chi connectivity index (χ3v) is 11.2. The van der Waals surface area contributed by atoms with Gasteiger partial charge in [0.05, 0.1) is 5.70 Å². The molecule has 4 aliphatic rings. The van der Waals surface area contributed by atoms with Crippen LogP contribution in [-0.2, 0) is 35.1 Å². The number of piperidine rings is 1. The molecule has 300 valence electrons. The van der Waals surface area contributed by atoms with Crippen molar-refractivity contribution in [3.8, 4) is 0 Å². The highest BCUT2D eigenvalue weighted by molar-refractivity contribution is 5.98. The second-order valence-electron chi connectivity index (χ2n) is 15.9. The number of amides is 7. The topological polar surface area (TPSA) is 169 Å². The summed E-state index contributed by atoms with van der Waals surface area (Å²) in [5.74, 6) is -2.04. The minimum atomic E-state index is -1.27. The Morgan fingerprint density at radius 3 is 2.32 bits per heavy atom. The first kappa shape index (κ1) is 40.3. The summed E-state index contributed by atoms with van der Waals surface area (Å²) in [5.41, 5.74) is 3.96. The second-order valence-corrected chi connectivity index (χ2v) is 15.9. The SMILES string of the molecule is Cc1ccc(NC(=O)N[C@@H](Cc2cccc(C)c2)C(=O)N[C@@H]2C(=O)N3CCC[C@H]3C(=O)N3CCCC[C@H]3C(=O)N[C@@H](C)C(=O)N3C[C@H](C)C/C3=C/O[C@H]2C)cc1. The second kappa shape index (κ2) is 17.6. The van der Waals surface area contributed by atoms with Crippen molar-refractivity contribution in [3.63, 3.8) is 0 Å². The van der Waals surface area contributed by atoms with E-state index in [2.05, 4.69) is 21.3 Å². The lowest BCUT2D eigenvalue weighted by molar-refractivity contribution is -0.152. The van der Waals surface area contributed by atoms with Crippen LogP contribution >= 0.6 is 0 Å². The summed E-state index contributed by atoms with van der Waals surface area (Å²) in [6, 6.07) is 9.43. The highest BCUT2D eigenvalue weighted by atomic mass is 16.5. The Hall–Kier alpha value is -5.40. The molecule has 0 saturated carbocycles. The third-order valence-electron chi connectivity index (χ3n) is 11.2. The molecule has 3 saturated heterocycles. The van der Waals surface area contributed by atoms with Gasteiger partial charge < -0.3 is 40.7 Å². The zero-order chi connectivity index (χ0) is 40.1. The van der Waals surface area contributed by atoms with Crippen LogP contribution in [0.1, 0.15) is 76.0 Å². The number of fused-ring (bicyclic) bond motifs is 3. The summed E-state index contributed by atoms with van der Waals surface area (Å²) in [7, 11) is 0. The maximum atomic E-state index is 14.7. The molecule has 0 spiro atoms. The summed E-state index contributed by atoms with van der Waals surface area (Å²) >= 11 is 0. The molecule has 0 bridgehead atoms. The molecule has 6 rings (SSSR count). The number of carbonyl (C=O) groups is 6. The molecule has 0 radical (unpaired) electrons. The van der Waals surface area contributed by atoms with E-state index in [0.717, 1.165) is 23.1 Å². The van der Waals surface area contributed by atoms with Gasteiger partial charge in [0.25, 0.3) is 0 Å². The van der Waals surface area contributed by atoms with E-state index in [9.17, 15) is 28.8 Å². The van der Waals surface area contributed by atoms with Crippen LogP contribution < -0.4 is 21.3 Å². The van der Waals surface area contributed by atoms with Crippen LogP contribution in [0.2, 0.25) is 0 Å². The molecular formula is C42H55N7O7. The summed E-state index contributed by atoms with van der Waals surface area (Å²) in [4.78, 5) is 88.9. The number of urea groups is 1. The lowest BCUT2D eigenvalue weighted by atomic mass is 9.99. The van der Waals surface area contributed by atoms with Crippen molar-refractivity contribution in [2.24, 2.45) is 5.92 Å². The van der Waals surface area contributed by atoms with E-state index in [1.165, 1.54) is 11.2 Å². The molecule has 2 aromatic rings. The first-order valence-electron chi connectivity index (χ1n) is 19.9. The highest BCUT2D eigenvalue weighted by Gasteiger charge is 2.45. The number of aryl methyl sites for hydroxylation is 2. The predicted molar refractivity (Wildman–Crippen MR) is 210 cm³/mol. The van der Waals surface area contributed by atoms with Crippen molar-refractivity contribution in [3.05, 3.63) is 77.2 Å². The van der Waals surface area contributed by atoms with Gasteiger partial charge in [0, 0.05) is 31.7 Å². The molecule has 56 heavy (non-hydrogen) atoms. The van der Waals surface area contributed by atoms with Gasteiger partial charge in [-0.25, -0.2) is 4.79 Å². The van der Waals surface area contributed by atoms with Crippen molar-refractivity contribution in [2.45, 2.75) is 116 Å². The van der Waals surface area contributed by atoms with Crippen LogP contribution in [0.25, 0.3) is 0 Å². The number of carbonyl (C=O) groups excluding carboxylic acids is 6. The lowest BCUT2D eigenvalue weighted by Gasteiger charge is -2.39. The molecule has 4 heterocycles. The largest absolute Gasteiger partial charge is 0.494 e.